The number of urea groups is 1. The smallest absolute Gasteiger partial charge is 0.320 e. The lowest BCUT2D eigenvalue weighted by Gasteiger charge is -2.39. The van der Waals surface area contributed by atoms with Crippen molar-refractivity contribution in [3.8, 4) is 0 Å². The van der Waals surface area contributed by atoms with E-state index < -0.39 is 0 Å². The van der Waals surface area contributed by atoms with Crippen LogP contribution in [0, 0.1) is 0 Å². The van der Waals surface area contributed by atoms with E-state index in [4.69, 9.17) is 0 Å². The highest BCUT2D eigenvalue weighted by Gasteiger charge is 2.34. The molecule has 2 saturated heterocycles. The molecule has 2 rings (SSSR count). The molecule has 2 heterocycles. The molecule has 102 valence electrons. The Bertz CT molecular complexity index is 315. The van der Waals surface area contributed by atoms with Crippen LogP contribution in [0.15, 0.2) is 0 Å². The monoisotopic (exact) mass is 254 g/mol. The summed E-state index contributed by atoms with van der Waals surface area (Å²) < 4.78 is 0. The van der Waals surface area contributed by atoms with E-state index in [0.717, 1.165) is 32.5 Å². The fourth-order valence-electron chi connectivity index (χ4n) is 2.60. The molecule has 0 bridgehead atoms. The van der Waals surface area contributed by atoms with Gasteiger partial charge in [0.25, 0.3) is 0 Å². The largest absolute Gasteiger partial charge is 0.357 e. The molecule has 0 aliphatic carbocycles. The first-order chi connectivity index (χ1) is 8.74. The van der Waals surface area contributed by atoms with Crippen molar-refractivity contribution >= 4 is 11.9 Å². The Morgan fingerprint density at radius 3 is 2.56 bits per heavy atom. The van der Waals surface area contributed by atoms with Gasteiger partial charge in [-0.3, -0.25) is 4.79 Å². The third kappa shape index (κ3) is 2.75. The summed E-state index contributed by atoms with van der Waals surface area (Å²) in [6.07, 6.45) is 3.34. The summed E-state index contributed by atoms with van der Waals surface area (Å²) in [5.74, 6) is -0.0902. The second kappa shape index (κ2) is 6.04. The van der Waals surface area contributed by atoms with Crippen LogP contribution in [0.4, 0.5) is 4.79 Å². The van der Waals surface area contributed by atoms with E-state index in [-0.39, 0.29) is 18.0 Å². The molecular weight excluding hydrogens is 232 g/mol. The Morgan fingerprint density at radius 1 is 1.17 bits per heavy atom. The van der Waals surface area contributed by atoms with Crippen LogP contribution in [0.1, 0.15) is 19.3 Å². The lowest BCUT2D eigenvalue weighted by atomic mass is 10.1. The van der Waals surface area contributed by atoms with Crippen molar-refractivity contribution in [3.05, 3.63) is 0 Å². The van der Waals surface area contributed by atoms with Crippen LogP contribution in [0.3, 0.4) is 0 Å². The number of piperazine rings is 1. The molecule has 0 spiro atoms. The Hall–Kier alpha value is -1.30. The molecular formula is C12H22N4O2. The number of likely N-dealkylation sites (tertiary alicyclic amines) is 1. The zero-order valence-corrected chi connectivity index (χ0v) is 10.9. The molecule has 0 saturated carbocycles. The molecule has 18 heavy (non-hydrogen) atoms. The van der Waals surface area contributed by atoms with Crippen LogP contribution >= 0.6 is 0 Å². The minimum absolute atomic E-state index is 0.0183. The van der Waals surface area contributed by atoms with Crippen molar-refractivity contribution in [2.45, 2.75) is 25.3 Å². The standard InChI is InChI=1S/C12H22N4O2/c1-13-11(17)10-9-14-5-8-16(10)12(18)15-6-3-2-4-7-15/h10,14H,2-9H2,1H3,(H,13,17). The number of likely N-dealkylation sites (N-methyl/N-ethyl adjacent to an activating group) is 1. The lowest BCUT2D eigenvalue weighted by molar-refractivity contribution is -0.125. The van der Waals surface area contributed by atoms with Crippen molar-refractivity contribution in [1.82, 2.24) is 20.4 Å². The van der Waals surface area contributed by atoms with Gasteiger partial charge in [-0.05, 0) is 19.3 Å². The minimum Gasteiger partial charge on any atom is -0.357 e. The number of nitrogens with zero attached hydrogens (tertiary/aromatic N) is 2. The quantitative estimate of drug-likeness (QED) is 0.670. The van der Waals surface area contributed by atoms with Gasteiger partial charge in [0.05, 0.1) is 0 Å². The average molecular weight is 254 g/mol. The van der Waals surface area contributed by atoms with Gasteiger partial charge in [0, 0.05) is 39.8 Å². The van der Waals surface area contributed by atoms with E-state index in [2.05, 4.69) is 10.6 Å². The fourth-order valence-corrected chi connectivity index (χ4v) is 2.60. The van der Waals surface area contributed by atoms with Crippen LogP contribution in [-0.2, 0) is 4.79 Å². The van der Waals surface area contributed by atoms with Crippen LogP contribution in [0.2, 0.25) is 0 Å². The Morgan fingerprint density at radius 2 is 1.89 bits per heavy atom. The number of hydrogen-bond acceptors (Lipinski definition) is 3. The molecule has 2 fully saturated rings. The first kappa shape index (κ1) is 13.1. The summed E-state index contributed by atoms with van der Waals surface area (Å²) >= 11 is 0. The van der Waals surface area contributed by atoms with Gasteiger partial charge >= 0.3 is 6.03 Å². The molecule has 0 aromatic rings. The third-order valence-electron chi connectivity index (χ3n) is 3.66. The van der Waals surface area contributed by atoms with E-state index in [1.807, 2.05) is 4.90 Å². The van der Waals surface area contributed by atoms with E-state index >= 15 is 0 Å². The minimum atomic E-state index is -0.377. The van der Waals surface area contributed by atoms with Gasteiger partial charge in [-0.1, -0.05) is 0 Å². The van der Waals surface area contributed by atoms with Gasteiger partial charge in [0.1, 0.15) is 6.04 Å². The number of rotatable bonds is 1. The van der Waals surface area contributed by atoms with Crippen LogP contribution in [-0.4, -0.2) is 67.6 Å². The zero-order valence-electron chi connectivity index (χ0n) is 10.9. The van der Waals surface area contributed by atoms with E-state index in [1.165, 1.54) is 6.42 Å². The van der Waals surface area contributed by atoms with Crippen LogP contribution in [0.5, 0.6) is 0 Å². The summed E-state index contributed by atoms with van der Waals surface area (Å²) in [5, 5.41) is 5.80. The van der Waals surface area contributed by atoms with Crippen LogP contribution in [0.25, 0.3) is 0 Å². The molecule has 2 N–H and O–H groups in total. The maximum Gasteiger partial charge on any atom is 0.320 e. The second-order valence-corrected chi connectivity index (χ2v) is 4.86. The van der Waals surface area contributed by atoms with Crippen molar-refractivity contribution in [2.24, 2.45) is 0 Å². The summed E-state index contributed by atoms with van der Waals surface area (Å²) in [7, 11) is 1.61. The molecule has 6 nitrogen and oxygen atoms in total. The number of piperidine rings is 1. The van der Waals surface area contributed by atoms with Crippen LogP contribution < -0.4 is 10.6 Å². The van der Waals surface area contributed by atoms with E-state index in [1.54, 1.807) is 11.9 Å². The molecule has 1 unspecified atom stereocenters. The molecule has 0 aromatic heterocycles. The molecule has 2 aliphatic heterocycles. The predicted molar refractivity (Wildman–Crippen MR) is 68.3 cm³/mol. The van der Waals surface area contributed by atoms with Gasteiger partial charge in [0.15, 0.2) is 0 Å². The average Bonchev–Trinajstić information content (AvgIpc) is 2.46. The van der Waals surface area contributed by atoms with E-state index in [9.17, 15) is 9.59 Å². The highest BCUT2D eigenvalue weighted by atomic mass is 16.2. The fraction of sp³-hybridized carbons (Fsp3) is 0.833. The Balaban J connectivity index is 2.03. The van der Waals surface area contributed by atoms with Crippen molar-refractivity contribution in [2.75, 3.05) is 39.8 Å². The van der Waals surface area contributed by atoms with E-state index in [0.29, 0.717) is 13.1 Å². The second-order valence-electron chi connectivity index (χ2n) is 4.86. The molecule has 6 heteroatoms. The van der Waals surface area contributed by atoms with Crippen molar-refractivity contribution in [1.29, 1.82) is 0 Å². The number of carbonyl (C=O) groups is 2. The Kier molecular flexibility index (Phi) is 4.41. The number of carbonyl (C=O) groups excluding carboxylic acids is 2. The topological polar surface area (TPSA) is 64.7 Å². The third-order valence-corrected chi connectivity index (χ3v) is 3.66. The SMILES string of the molecule is CNC(=O)C1CNCCN1C(=O)N1CCCCC1. The van der Waals surface area contributed by atoms with Gasteiger partial charge in [-0.15, -0.1) is 0 Å². The number of hydrogen-bond donors (Lipinski definition) is 2. The Labute approximate surface area is 108 Å². The van der Waals surface area contributed by atoms with Crippen molar-refractivity contribution < 1.29 is 9.59 Å². The highest BCUT2D eigenvalue weighted by molar-refractivity contribution is 5.87. The first-order valence-electron chi connectivity index (χ1n) is 6.72. The highest BCUT2D eigenvalue weighted by Crippen LogP contribution is 2.14. The normalized spacial score (nSPS) is 24.8. The predicted octanol–water partition coefficient (Wildman–Crippen LogP) is -0.388. The summed E-state index contributed by atoms with van der Waals surface area (Å²) in [6, 6.07) is -0.358. The maximum absolute atomic E-state index is 12.4. The number of amides is 3. The van der Waals surface area contributed by atoms with Gasteiger partial charge < -0.3 is 20.4 Å². The van der Waals surface area contributed by atoms with Gasteiger partial charge in [-0.2, -0.15) is 0 Å². The molecule has 0 radical (unpaired) electrons. The summed E-state index contributed by atoms with van der Waals surface area (Å²) in [5.41, 5.74) is 0. The molecule has 3 amide bonds. The molecule has 0 aromatic carbocycles. The van der Waals surface area contributed by atoms with Gasteiger partial charge in [-0.25, -0.2) is 4.79 Å². The first-order valence-corrected chi connectivity index (χ1v) is 6.72. The van der Waals surface area contributed by atoms with Gasteiger partial charge in [0.2, 0.25) is 5.91 Å². The number of nitrogens with one attached hydrogen (secondary N) is 2. The lowest BCUT2D eigenvalue weighted by Crippen LogP contribution is -2.62. The molecule has 1 atom stereocenters. The maximum atomic E-state index is 12.4. The van der Waals surface area contributed by atoms with Crippen molar-refractivity contribution in [3.63, 3.8) is 0 Å². The summed E-state index contributed by atoms with van der Waals surface area (Å²) in [4.78, 5) is 27.8. The summed E-state index contributed by atoms with van der Waals surface area (Å²) in [6.45, 7) is 3.55. The zero-order chi connectivity index (χ0) is 13.0. The molecule has 2 aliphatic rings.